The third-order valence-corrected chi connectivity index (χ3v) is 10.6. The highest BCUT2D eigenvalue weighted by Crippen LogP contribution is 2.73. The predicted octanol–water partition coefficient (Wildman–Crippen LogP) is 7.24. The van der Waals surface area contributed by atoms with Gasteiger partial charge in [0.1, 0.15) is 0 Å². The van der Waals surface area contributed by atoms with Gasteiger partial charge in [0, 0.05) is 5.41 Å². The van der Waals surface area contributed by atoms with E-state index in [0.29, 0.717) is 5.41 Å². The summed E-state index contributed by atoms with van der Waals surface area (Å²) in [7, 11) is 0. The second kappa shape index (κ2) is 5.02. The largest absolute Gasteiger partial charge is 0.368 e. The normalized spacial score (nSPS) is 42.5. The number of hydrogen-bond acceptors (Lipinski definition) is 1. The summed E-state index contributed by atoms with van der Waals surface area (Å²) in [6, 6.07) is 0. The molecule has 0 spiro atoms. The van der Waals surface area contributed by atoms with E-state index in [0.717, 1.165) is 0 Å². The molecule has 142 valence electrons. The van der Waals surface area contributed by atoms with Gasteiger partial charge in [-0.3, -0.25) is 0 Å². The van der Waals surface area contributed by atoms with Crippen molar-refractivity contribution >= 4 is 0 Å². The average Bonchev–Trinajstić information content (AvgIpc) is 2.39. The molecule has 2 fully saturated rings. The number of ether oxygens (including phenoxy) is 1. The molecule has 1 saturated carbocycles. The van der Waals surface area contributed by atoms with Crippen LogP contribution in [0.5, 0.6) is 0 Å². The Kier molecular flexibility index (Phi) is 4.24. The van der Waals surface area contributed by atoms with E-state index >= 15 is 0 Å². The maximum atomic E-state index is 7.21. The SMILES string of the molecule is CC1(C)CCCCC1(C)C1(C)OC(C)(C)C(C)(C)C(C)(C)C1(C)C. The molecular formula is C23H44O. The van der Waals surface area contributed by atoms with E-state index in [2.05, 4.69) is 83.1 Å². The van der Waals surface area contributed by atoms with Crippen molar-refractivity contribution in [2.45, 2.75) is 120 Å². The zero-order valence-corrected chi connectivity index (χ0v) is 18.7. The second-order valence-electron chi connectivity index (χ2n) is 11.9. The Morgan fingerprint density at radius 1 is 0.542 bits per heavy atom. The van der Waals surface area contributed by atoms with E-state index < -0.39 is 0 Å². The fraction of sp³-hybridized carbons (Fsp3) is 1.00. The van der Waals surface area contributed by atoms with Crippen molar-refractivity contribution in [2.24, 2.45) is 27.1 Å². The highest BCUT2D eigenvalue weighted by molar-refractivity contribution is 5.21. The smallest absolute Gasteiger partial charge is 0.0776 e. The zero-order chi connectivity index (χ0) is 19.0. The third kappa shape index (κ3) is 2.03. The molecule has 0 aromatic heterocycles. The van der Waals surface area contributed by atoms with E-state index in [-0.39, 0.29) is 32.9 Å². The molecule has 24 heavy (non-hydrogen) atoms. The quantitative estimate of drug-likeness (QED) is 0.490. The van der Waals surface area contributed by atoms with Crippen molar-refractivity contribution in [2.75, 3.05) is 0 Å². The minimum Gasteiger partial charge on any atom is -0.368 e. The molecule has 0 radical (unpaired) electrons. The minimum atomic E-state index is -0.160. The monoisotopic (exact) mass is 336 g/mol. The van der Waals surface area contributed by atoms with Gasteiger partial charge in [0.25, 0.3) is 0 Å². The highest BCUT2D eigenvalue weighted by Gasteiger charge is 2.73. The summed E-state index contributed by atoms with van der Waals surface area (Å²) in [4.78, 5) is 0. The van der Waals surface area contributed by atoms with Gasteiger partial charge in [-0.15, -0.1) is 0 Å². The first-order valence-corrected chi connectivity index (χ1v) is 10.1. The van der Waals surface area contributed by atoms with Crippen LogP contribution in [0.4, 0.5) is 0 Å². The van der Waals surface area contributed by atoms with Gasteiger partial charge in [-0.2, -0.15) is 0 Å². The summed E-state index contributed by atoms with van der Waals surface area (Å²) in [5.74, 6) is 0. The van der Waals surface area contributed by atoms with Gasteiger partial charge in [0.05, 0.1) is 11.2 Å². The van der Waals surface area contributed by atoms with E-state index in [1.54, 1.807) is 0 Å². The molecule has 0 aromatic rings. The minimum absolute atomic E-state index is 0.0718. The fourth-order valence-electron chi connectivity index (χ4n) is 6.24. The first kappa shape index (κ1) is 20.3. The van der Waals surface area contributed by atoms with Crippen LogP contribution in [0.25, 0.3) is 0 Å². The summed E-state index contributed by atoms with van der Waals surface area (Å²) >= 11 is 0. The van der Waals surface area contributed by atoms with E-state index in [1.165, 1.54) is 25.7 Å². The molecule has 1 heterocycles. The first-order valence-electron chi connectivity index (χ1n) is 10.1. The summed E-state index contributed by atoms with van der Waals surface area (Å²) in [5.41, 5.74) is 0.481. The van der Waals surface area contributed by atoms with Crippen LogP contribution in [0, 0.1) is 27.1 Å². The first-order chi connectivity index (χ1) is 10.4. The van der Waals surface area contributed by atoms with Crippen molar-refractivity contribution in [1.29, 1.82) is 0 Å². The Hall–Kier alpha value is -0.0400. The van der Waals surface area contributed by atoms with Crippen LogP contribution >= 0.6 is 0 Å². The molecule has 1 aliphatic heterocycles. The third-order valence-electron chi connectivity index (χ3n) is 10.6. The lowest BCUT2D eigenvalue weighted by atomic mass is 9.37. The molecule has 0 bridgehead atoms. The molecule has 2 unspecified atom stereocenters. The van der Waals surface area contributed by atoms with E-state index in [1.807, 2.05) is 0 Å². The maximum Gasteiger partial charge on any atom is 0.0776 e. The van der Waals surface area contributed by atoms with Crippen LogP contribution < -0.4 is 0 Å². The molecule has 2 rings (SSSR count). The Balaban J connectivity index is 2.72. The lowest BCUT2D eigenvalue weighted by Gasteiger charge is -2.75. The van der Waals surface area contributed by atoms with Gasteiger partial charge in [-0.1, -0.05) is 75.2 Å². The lowest BCUT2D eigenvalue weighted by molar-refractivity contribution is -0.375. The van der Waals surface area contributed by atoms with Crippen molar-refractivity contribution in [1.82, 2.24) is 0 Å². The van der Waals surface area contributed by atoms with Gasteiger partial charge in [-0.05, 0) is 55.3 Å². The number of rotatable bonds is 1. The maximum absolute atomic E-state index is 7.21. The zero-order valence-electron chi connectivity index (χ0n) is 18.7. The van der Waals surface area contributed by atoms with Crippen LogP contribution in [-0.2, 0) is 4.74 Å². The fourth-order valence-corrected chi connectivity index (χ4v) is 6.24. The molecular weight excluding hydrogens is 292 g/mol. The summed E-state index contributed by atoms with van der Waals surface area (Å²) in [6.45, 7) is 29.3. The van der Waals surface area contributed by atoms with Gasteiger partial charge >= 0.3 is 0 Å². The predicted molar refractivity (Wildman–Crippen MR) is 105 cm³/mol. The van der Waals surface area contributed by atoms with Crippen LogP contribution in [0.1, 0.15) is 109 Å². The van der Waals surface area contributed by atoms with Crippen LogP contribution in [0.3, 0.4) is 0 Å². The topological polar surface area (TPSA) is 9.23 Å². The molecule has 1 heteroatoms. The van der Waals surface area contributed by atoms with Crippen LogP contribution in [0.2, 0.25) is 0 Å². The van der Waals surface area contributed by atoms with Crippen molar-refractivity contribution < 1.29 is 4.74 Å². The molecule has 1 nitrogen and oxygen atoms in total. The number of hydrogen-bond donors (Lipinski definition) is 0. The van der Waals surface area contributed by atoms with Gasteiger partial charge < -0.3 is 4.74 Å². The Labute approximate surface area is 152 Å². The molecule has 0 aromatic carbocycles. The standard InChI is InChI=1S/C23H44O/c1-17(2)15-13-14-16-22(17,11)23(12)20(7,8)18(3,4)19(5,6)21(9,10)24-23/h13-16H2,1-12H3. The average molecular weight is 337 g/mol. The van der Waals surface area contributed by atoms with Crippen LogP contribution in [0.15, 0.2) is 0 Å². The van der Waals surface area contributed by atoms with Crippen molar-refractivity contribution in [3.05, 3.63) is 0 Å². The van der Waals surface area contributed by atoms with Gasteiger partial charge in [0.15, 0.2) is 0 Å². The Morgan fingerprint density at radius 2 is 1.00 bits per heavy atom. The van der Waals surface area contributed by atoms with Crippen LogP contribution in [-0.4, -0.2) is 11.2 Å². The summed E-state index contributed by atoms with van der Waals surface area (Å²) in [5, 5.41) is 0. The summed E-state index contributed by atoms with van der Waals surface area (Å²) in [6.07, 6.45) is 5.27. The van der Waals surface area contributed by atoms with E-state index in [9.17, 15) is 0 Å². The van der Waals surface area contributed by atoms with E-state index in [4.69, 9.17) is 4.74 Å². The Bertz CT molecular complexity index is 508. The van der Waals surface area contributed by atoms with Gasteiger partial charge in [-0.25, -0.2) is 0 Å². The second-order valence-corrected chi connectivity index (χ2v) is 11.9. The lowest BCUT2D eigenvalue weighted by Crippen LogP contribution is -2.76. The molecule has 0 amide bonds. The molecule has 2 aliphatic rings. The molecule has 1 aliphatic carbocycles. The molecule has 1 saturated heterocycles. The van der Waals surface area contributed by atoms with Gasteiger partial charge in [0.2, 0.25) is 0 Å². The summed E-state index contributed by atoms with van der Waals surface area (Å²) < 4.78 is 7.21. The molecule has 0 N–H and O–H groups in total. The molecule has 2 atom stereocenters. The highest BCUT2D eigenvalue weighted by atomic mass is 16.5. The van der Waals surface area contributed by atoms with Crippen molar-refractivity contribution in [3.63, 3.8) is 0 Å². The Morgan fingerprint density at radius 3 is 1.46 bits per heavy atom. The van der Waals surface area contributed by atoms with Crippen molar-refractivity contribution in [3.8, 4) is 0 Å².